The number of nitrogens with zero attached hydrogens (tertiary/aromatic N) is 11. The SMILES string of the molecule is C#Cc1ncc(-c2c(-c3ccc(Oc4nccc(C)n4)cc3)c3c(N)ncnc3n2CCc2ccnc(Oc3ccc(-c4c(-c5c(C)cc(NC(=O)C(=C)C)cc5C)n(C)c5ncnc(N)c45)cc3)n2)c(C)c1F. The Bertz CT molecular complexity index is 3910. The van der Waals surface area contributed by atoms with Gasteiger partial charge in [-0.05, 0) is 117 Å². The number of amides is 1. The molecule has 74 heavy (non-hydrogen) atoms. The zero-order valence-corrected chi connectivity index (χ0v) is 41.2. The molecular formula is C56H47FN14O3. The van der Waals surface area contributed by atoms with Crippen LogP contribution in [0.3, 0.4) is 0 Å². The molecule has 0 bridgehead atoms. The highest BCUT2D eigenvalue weighted by atomic mass is 19.1. The minimum Gasteiger partial charge on any atom is -0.424 e. The van der Waals surface area contributed by atoms with Gasteiger partial charge in [0, 0.05) is 83.5 Å². The largest absolute Gasteiger partial charge is 0.424 e. The maximum atomic E-state index is 15.9. The van der Waals surface area contributed by atoms with Crippen LogP contribution in [0.1, 0.15) is 40.7 Å². The summed E-state index contributed by atoms with van der Waals surface area (Å²) in [4.78, 5) is 52.8. The molecule has 1 amide bonds. The number of nitrogens with two attached hydrogens (primary N) is 2. The summed E-state index contributed by atoms with van der Waals surface area (Å²) in [5, 5.41) is 4.20. The number of nitrogen functional groups attached to an aromatic ring is 2. The minimum absolute atomic E-state index is 0.102. The van der Waals surface area contributed by atoms with Crippen LogP contribution >= 0.6 is 0 Å². The predicted octanol–water partition coefficient (Wildman–Crippen LogP) is 10.2. The molecule has 0 aliphatic rings. The van der Waals surface area contributed by atoms with Crippen molar-refractivity contribution in [2.75, 3.05) is 16.8 Å². The van der Waals surface area contributed by atoms with Gasteiger partial charge in [0.05, 0.1) is 22.2 Å². The molecule has 18 heteroatoms. The van der Waals surface area contributed by atoms with Crippen molar-refractivity contribution >= 4 is 45.3 Å². The van der Waals surface area contributed by atoms with Crippen LogP contribution in [0, 0.1) is 45.9 Å². The van der Waals surface area contributed by atoms with Gasteiger partial charge in [-0.1, -0.05) is 30.8 Å². The van der Waals surface area contributed by atoms with Crippen molar-refractivity contribution in [3.8, 4) is 80.6 Å². The number of carbonyl (C=O) groups excluding carboxylic acids is 1. The number of rotatable bonds is 13. The van der Waals surface area contributed by atoms with Gasteiger partial charge in [-0.2, -0.15) is 4.98 Å². The lowest BCUT2D eigenvalue weighted by Gasteiger charge is -2.17. The number of halogens is 1. The number of hydrogen-bond acceptors (Lipinski definition) is 14. The molecule has 17 nitrogen and oxygen atoms in total. The summed E-state index contributed by atoms with van der Waals surface area (Å²) in [5.74, 6) is 3.03. The zero-order valence-electron chi connectivity index (χ0n) is 41.2. The Labute approximate surface area is 424 Å². The second kappa shape index (κ2) is 19.4. The standard InChI is InChI=1S/C56H47FN14O3/c1-9-41-47(57)33(7)40(26-62-41)48-43(34-10-14-38(15-11-34)73-55-60-21-18-32(6)67-55)46-51(59)64-28-66-53(46)71(48)23-20-36-19-22-61-56(69-36)74-39-16-12-35(13-17-39)44-45-50(58)63-27-65-52(45)70(8)49(44)42-30(4)24-37(25-31(42)5)68-54(72)29(2)3/h1,10-19,21-22,24-28H,2,20,23H2,3-8H3,(H,68,72)(H2,58,63,65)(H2,59,64,66). The lowest BCUT2D eigenvalue weighted by Crippen LogP contribution is -2.12. The molecule has 7 heterocycles. The van der Waals surface area contributed by atoms with Gasteiger partial charge in [0.25, 0.3) is 5.91 Å². The second-order valence-electron chi connectivity index (χ2n) is 17.7. The maximum Gasteiger partial charge on any atom is 0.322 e. The average molecular weight is 983 g/mol. The van der Waals surface area contributed by atoms with E-state index < -0.39 is 5.82 Å². The van der Waals surface area contributed by atoms with E-state index in [1.54, 1.807) is 56.7 Å². The number of terminal acetylenes is 1. The first-order valence-electron chi connectivity index (χ1n) is 23.3. The molecular weight excluding hydrogens is 936 g/mol. The van der Waals surface area contributed by atoms with E-state index in [1.807, 2.05) is 85.5 Å². The number of anilines is 3. The minimum atomic E-state index is -0.613. The van der Waals surface area contributed by atoms with Gasteiger partial charge in [-0.3, -0.25) is 4.79 Å². The van der Waals surface area contributed by atoms with E-state index in [0.29, 0.717) is 91.7 Å². The molecule has 5 N–H and O–H groups in total. The monoisotopic (exact) mass is 982 g/mol. The third kappa shape index (κ3) is 8.83. The fraction of sp³-hybridized carbons (Fsp3) is 0.143. The van der Waals surface area contributed by atoms with Crippen molar-refractivity contribution in [1.29, 1.82) is 0 Å². The number of carbonyl (C=O) groups is 1. The van der Waals surface area contributed by atoms with E-state index in [0.717, 1.165) is 44.8 Å². The average Bonchev–Trinajstić information content (AvgIpc) is 3.87. The van der Waals surface area contributed by atoms with Crippen LogP contribution in [0.5, 0.6) is 23.5 Å². The Morgan fingerprint density at radius 1 is 0.743 bits per heavy atom. The summed E-state index contributed by atoms with van der Waals surface area (Å²) in [6, 6.07) is 22.7. The van der Waals surface area contributed by atoms with Crippen LogP contribution < -0.4 is 26.3 Å². The number of ether oxygens (including phenoxy) is 2. The molecule has 0 fully saturated rings. The quantitative estimate of drug-likeness (QED) is 0.0722. The number of pyridine rings is 1. The van der Waals surface area contributed by atoms with Crippen molar-refractivity contribution in [1.82, 2.24) is 54.0 Å². The Morgan fingerprint density at radius 2 is 1.31 bits per heavy atom. The molecule has 0 atom stereocenters. The number of benzene rings is 3. The van der Waals surface area contributed by atoms with Crippen molar-refractivity contribution < 1.29 is 18.7 Å². The van der Waals surface area contributed by atoms with Gasteiger partial charge in [0.15, 0.2) is 5.82 Å². The van der Waals surface area contributed by atoms with Crippen molar-refractivity contribution in [2.45, 2.75) is 47.6 Å². The maximum absolute atomic E-state index is 15.9. The number of aromatic nitrogens is 11. The zero-order chi connectivity index (χ0) is 51.9. The fourth-order valence-corrected chi connectivity index (χ4v) is 9.24. The van der Waals surface area contributed by atoms with E-state index in [4.69, 9.17) is 37.3 Å². The molecule has 0 saturated carbocycles. The highest BCUT2D eigenvalue weighted by Crippen LogP contribution is 2.46. The predicted molar refractivity (Wildman–Crippen MR) is 283 cm³/mol. The third-order valence-corrected chi connectivity index (χ3v) is 12.7. The Kier molecular flexibility index (Phi) is 12.5. The van der Waals surface area contributed by atoms with Crippen LogP contribution in [-0.4, -0.2) is 59.9 Å². The fourth-order valence-electron chi connectivity index (χ4n) is 9.24. The van der Waals surface area contributed by atoms with E-state index in [-0.39, 0.29) is 29.4 Å². The lowest BCUT2D eigenvalue weighted by atomic mass is 9.93. The van der Waals surface area contributed by atoms with E-state index in [9.17, 15) is 4.79 Å². The number of fused-ring (bicyclic) bond motifs is 2. The molecule has 3 aromatic carbocycles. The van der Waals surface area contributed by atoms with Crippen molar-refractivity contribution in [3.63, 3.8) is 0 Å². The first-order valence-corrected chi connectivity index (χ1v) is 23.3. The van der Waals surface area contributed by atoms with E-state index in [2.05, 4.69) is 52.7 Å². The Hall–Kier alpha value is -9.89. The highest BCUT2D eigenvalue weighted by molar-refractivity contribution is 6.10. The topological polar surface area (TPSA) is 225 Å². The number of aryl methyl sites for hydroxylation is 6. The molecule has 0 unspecified atom stereocenters. The smallest absolute Gasteiger partial charge is 0.322 e. The van der Waals surface area contributed by atoms with Crippen LogP contribution in [0.4, 0.5) is 21.7 Å². The first kappa shape index (κ1) is 47.8. The molecule has 0 aliphatic carbocycles. The van der Waals surface area contributed by atoms with Gasteiger partial charge in [-0.25, -0.2) is 44.3 Å². The van der Waals surface area contributed by atoms with Crippen molar-refractivity contribution in [3.05, 3.63) is 156 Å². The summed E-state index contributed by atoms with van der Waals surface area (Å²) in [7, 11) is 1.95. The van der Waals surface area contributed by atoms with E-state index >= 15 is 4.39 Å². The Morgan fingerprint density at radius 3 is 1.91 bits per heavy atom. The molecule has 0 saturated heterocycles. The molecule has 366 valence electrons. The molecule has 10 rings (SSSR count). The highest BCUT2D eigenvalue weighted by Gasteiger charge is 2.28. The van der Waals surface area contributed by atoms with Gasteiger partial charge < -0.3 is 35.4 Å². The second-order valence-corrected chi connectivity index (χ2v) is 17.7. The van der Waals surface area contributed by atoms with Crippen LogP contribution in [-0.2, 0) is 24.8 Å². The Balaban J connectivity index is 0.973. The van der Waals surface area contributed by atoms with Gasteiger partial charge >= 0.3 is 12.0 Å². The summed E-state index contributed by atoms with van der Waals surface area (Å²) < 4.78 is 32.2. The van der Waals surface area contributed by atoms with Crippen LogP contribution in [0.25, 0.3) is 66.8 Å². The molecule has 0 radical (unpaired) electrons. The molecule has 7 aromatic heterocycles. The molecule has 0 spiro atoms. The van der Waals surface area contributed by atoms with Gasteiger partial charge in [0.2, 0.25) is 0 Å². The van der Waals surface area contributed by atoms with Crippen LogP contribution in [0.2, 0.25) is 0 Å². The van der Waals surface area contributed by atoms with Gasteiger partial charge in [0.1, 0.15) is 52.8 Å². The summed E-state index contributed by atoms with van der Waals surface area (Å²) in [6.07, 6.45) is 13.7. The number of hydrogen-bond donors (Lipinski definition) is 3. The summed E-state index contributed by atoms with van der Waals surface area (Å²) in [6.45, 7) is 13.3. The normalized spacial score (nSPS) is 11.2. The third-order valence-electron chi connectivity index (χ3n) is 12.7. The summed E-state index contributed by atoms with van der Waals surface area (Å²) in [5.41, 5.74) is 25.0. The van der Waals surface area contributed by atoms with E-state index in [1.165, 1.54) is 12.7 Å². The molecule has 10 aromatic rings. The first-order chi connectivity index (χ1) is 35.7. The lowest BCUT2D eigenvalue weighted by molar-refractivity contribution is -0.112. The number of nitrogens with one attached hydrogen (secondary N) is 1. The van der Waals surface area contributed by atoms with Gasteiger partial charge in [-0.15, -0.1) is 6.42 Å². The van der Waals surface area contributed by atoms with Crippen LogP contribution in [0.15, 0.2) is 116 Å². The summed E-state index contributed by atoms with van der Waals surface area (Å²) >= 11 is 0. The molecule has 0 aliphatic heterocycles. The van der Waals surface area contributed by atoms with Crippen molar-refractivity contribution in [2.24, 2.45) is 7.05 Å².